The summed E-state index contributed by atoms with van der Waals surface area (Å²) in [6.45, 7) is 1.61. The van der Waals surface area contributed by atoms with Gasteiger partial charge in [0.25, 0.3) is 0 Å². The van der Waals surface area contributed by atoms with E-state index in [1.807, 2.05) is 11.8 Å². The molecular weight excluding hydrogens is 238 g/mol. The van der Waals surface area contributed by atoms with E-state index in [1.165, 1.54) is 6.33 Å². The van der Waals surface area contributed by atoms with E-state index in [9.17, 15) is 0 Å². The number of nitrogens with zero attached hydrogens (tertiary/aromatic N) is 2. The molecule has 0 spiro atoms. The van der Waals surface area contributed by atoms with Crippen LogP contribution in [0.25, 0.3) is 0 Å². The Morgan fingerprint density at radius 2 is 1.88 bits per heavy atom. The lowest BCUT2D eigenvalue weighted by Gasteiger charge is -2.11. The molecule has 1 rings (SSSR count). The number of ether oxygens (including phenoxy) is 2. The van der Waals surface area contributed by atoms with Crippen molar-refractivity contribution in [3.63, 3.8) is 0 Å². The van der Waals surface area contributed by atoms with Gasteiger partial charge in [0.2, 0.25) is 11.8 Å². The van der Waals surface area contributed by atoms with Gasteiger partial charge in [-0.2, -0.15) is 11.8 Å². The second-order valence-corrected chi connectivity index (χ2v) is 4.38. The highest BCUT2D eigenvalue weighted by Gasteiger charge is 2.11. The molecule has 0 aliphatic rings. The number of nitrogens with one attached hydrogen (secondary N) is 1. The molecule has 0 atom stereocenters. The predicted octanol–water partition coefficient (Wildman–Crippen LogP) is 1.34. The highest BCUT2D eigenvalue weighted by Crippen LogP contribution is 2.22. The minimum absolute atomic E-state index is 0.564. The fourth-order valence-electron chi connectivity index (χ4n) is 1.44. The maximum Gasteiger partial charge on any atom is 0.224 e. The Kier molecular flexibility index (Phi) is 6.73. The van der Waals surface area contributed by atoms with Gasteiger partial charge < -0.3 is 14.8 Å². The largest absolute Gasteiger partial charge is 0.481 e. The zero-order chi connectivity index (χ0) is 12.5. The van der Waals surface area contributed by atoms with E-state index in [0.29, 0.717) is 18.3 Å². The summed E-state index contributed by atoms with van der Waals surface area (Å²) in [5, 5.41) is 3.33. The minimum Gasteiger partial charge on any atom is -0.481 e. The molecule has 1 aromatic rings. The molecule has 0 amide bonds. The zero-order valence-corrected chi connectivity index (χ0v) is 11.3. The molecule has 96 valence electrons. The Balaban J connectivity index is 2.55. The Morgan fingerprint density at radius 1 is 1.24 bits per heavy atom. The lowest BCUT2D eigenvalue weighted by atomic mass is 10.3. The molecule has 0 radical (unpaired) electrons. The number of methoxy groups -OCH3 is 2. The molecule has 0 fully saturated rings. The number of thioether (sulfide) groups is 1. The van der Waals surface area contributed by atoms with Crippen LogP contribution in [0, 0.1) is 0 Å². The summed E-state index contributed by atoms with van der Waals surface area (Å²) >= 11 is 1.85. The highest BCUT2D eigenvalue weighted by atomic mass is 32.2. The van der Waals surface area contributed by atoms with Gasteiger partial charge in [-0.3, -0.25) is 0 Å². The van der Waals surface area contributed by atoms with E-state index in [2.05, 4.69) is 21.5 Å². The first kappa shape index (κ1) is 14.1. The molecule has 0 bridgehead atoms. The van der Waals surface area contributed by atoms with Crippen molar-refractivity contribution in [2.45, 2.75) is 13.0 Å². The van der Waals surface area contributed by atoms with Gasteiger partial charge in [-0.15, -0.1) is 0 Å². The van der Waals surface area contributed by atoms with Crippen molar-refractivity contribution in [2.24, 2.45) is 0 Å². The van der Waals surface area contributed by atoms with Crippen molar-refractivity contribution in [2.75, 3.05) is 32.8 Å². The smallest absolute Gasteiger partial charge is 0.224 e. The fourth-order valence-corrected chi connectivity index (χ4v) is 1.87. The molecule has 0 saturated heterocycles. The van der Waals surface area contributed by atoms with Gasteiger partial charge >= 0.3 is 0 Å². The first-order chi connectivity index (χ1) is 8.33. The number of hydrogen-bond acceptors (Lipinski definition) is 6. The molecule has 0 aliphatic carbocycles. The third kappa shape index (κ3) is 4.40. The van der Waals surface area contributed by atoms with Gasteiger partial charge in [0.1, 0.15) is 6.33 Å². The van der Waals surface area contributed by atoms with Crippen LogP contribution >= 0.6 is 11.8 Å². The summed E-state index contributed by atoms with van der Waals surface area (Å²) in [7, 11) is 3.19. The summed E-state index contributed by atoms with van der Waals surface area (Å²) in [5.74, 6) is 2.29. The molecular formula is C11H19N3O2S. The number of hydrogen-bond donors (Lipinski definition) is 1. The summed E-state index contributed by atoms with van der Waals surface area (Å²) in [5.41, 5.74) is 0.863. The van der Waals surface area contributed by atoms with E-state index < -0.39 is 0 Å². The van der Waals surface area contributed by atoms with E-state index >= 15 is 0 Å². The van der Waals surface area contributed by atoms with E-state index in [0.717, 1.165) is 24.3 Å². The fraction of sp³-hybridized carbons (Fsp3) is 0.636. The Bertz CT molecular complexity index is 314. The van der Waals surface area contributed by atoms with Crippen LogP contribution < -0.4 is 14.8 Å². The van der Waals surface area contributed by atoms with Crippen LogP contribution in [0.1, 0.15) is 12.0 Å². The SMILES string of the molecule is COc1ncnc(OC)c1CNCCCSC. The van der Waals surface area contributed by atoms with Gasteiger partial charge in [-0.25, -0.2) is 9.97 Å². The second kappa shape index (κ2) is 8.14. The average Bonchev–Trinajstić information content (AvgIpc) is 2.38. The van der Waals surface area contributed by atoms with Crippen molar-refractivity contribution < 1.29 is 9.47 Å². The molecule has 0 saturated carbocycles. The maximum absolute atomic E-state index is 5.19. The standard InChI is InChI=1S/C11H19N3O2S/c1-15-10-9(7-12-5-4-6-17-3)11(16-2)14-8-13-10/h8,12H,4-7H2,1-3H3. The summed E-state index contributed by atoms with van der Waals surface area (Å²) in [4.78, 5) is 8.13. The Hall–Kier alpha value is -1.01. The third-order valence-electron chi connectivity index (χ3n) is 2.26. The number of rotatable bonds is 8. The van der Waals surface area contributed by atoms with Gasteiger partial charge in [0, 0.05) is 6.54 Å². The molecule has 17 heavy (non-hydrogen) atoms. The van der Waals surface area contributed by atoms with Crippen LogP contribution in [0.3, 0.4) is 0 Å². The van der Waals surface area contributed by atoms with Crippen molar-refractivity contribution >= 4 is 11.8 Å². The van der Waals surface area contributed by atoms with E-state index in [1.54, 1.807) is 14.2 Å². The molecule has 0 aromatic carbocycles. The van der Waals surface area contributed by atoms with Gasteiger partial charge in [0.15, 0.2) is 0 Å². The summed E-state index contributed by atoms with van der Waals surface area (Å²) in [6.07, 6.45) is 4.69. The third-order valence-corrected chi connectivity index (χ3v) is 2.95. The molecule has 5 nitrogen and oxygen atoms in total. The van der Waals surface area contributed by atoms with Gasteiger partial charge in [-0.05, 0) is 25.0 Å². The Labute approximate surface area is 106 Å². The van der Waals surface area contributed by atoms with Crippen LogP contribution in [0.15, 0.2) is 6.33 Å². The molecule has 0 unspecified atom stereocenters. The predicted molar refractivity (Wildman–Crippen MR) is 69.8 cm³/mol. The minimum atomic E-state index is 0.564. The summed E-state index contributed by atoms with van der Waals surface area (Å²) < 4.78 is 10.4. The van der Waals surface area contributed by atoms with E-state index in [-0.39, 0.29) is 0 Å². The monoisotopic (exact) mass is 257 g/mol. The lowest BCUT2D eigenvalue weighted by molar-refractivity contribution is 0.359. The summed E-state index contributed by atoms with van der Waals surface area (Å²) in [6, 6.07) is 0. The molecule has 0 aliphatic heterocycles. The highest BCUT2D eigenvalue weighted by molar-refractivity contribution is 7.98. The molecule has 1 aromatic heterocycles. The van der Waals surface area contributed by atoms with E-state index in [4.69, 9.17) is 9.47 Å². The lowest BCUT2D eigenvalue weighted by Crippen LogP contribution is -2.17. The maximum atomic E-state index is 5.19. The van der Waals surface area contributed by atoms with Gasteiger partial charge in [-0.1, -0.05) is 0 Å². The first-order valence-corrected chi connectivity index (χ1v) is 6.84. The van der Waals surface area contributed by atoms with Crippen LogP contribution in [0.5, 0.6) is 11.8 Å². The zero-order valence-electron chi connectivity index (χ0n) is 10.5. The molecule has 1 heterocycles. The average molecular weight is 257 g/mol. The normalized spacial score (nSPS) is 10.3. The molecule has 6 heteroatoms. The van der Waals surface area contributed by atoms with Crippen molar-refractivity contribution in [1.82, 2.24) is 15.3 Å². The van der Waals surface area contributed by atoms with Gasteiger partial charge in [0.05, 0.1) is 19.8 Å². The van der Waals surface area contributed by atoms with Crippen LogP contribution in [-0.4, -0.2) is 42.7 Å². The Morgan fingerprint density at radius 3 is 2.41 bits per heavy atom. The quantitative estimate of drug-likeness (QED) is 0.709. The number of aromatic nitrogens is 2. The van der Waals surface area contributed by atoms with Crippen LogP contribution in [0.2, 0.25) is 0 Å². The van der Waals surface area contributed by atoms with Crippen LogP contribution in [0.4, 0.5) is 0 Å². The van der Waals surface area contributed by atoms with Crippen molar-refractivity contribution in [1.29, 1.82) is 0 Å². The van der Waals surface area contributed by atoms with Crippen LogP contribution in [-0.2, 0) is 6.54 Å². The van der Waals surface area contributed by atoms with Crippen molar-refractivity contribution in [3.05, 3.63) is 11.9 Å². The topological polar surface area (TPSA) is 56.3 Å². The van der Waals surface area contributed by atoms with Crippen molar-refractivity contribution in [3.8, 4) is 11.8 Å². The first-order valence-electron chi connectivity index (χ1n) is 5.45. The second-order valence-electron chi connectivity index (χ2n) is 3.39. The molecule has 1 N–H and O–H groups in total.